The van der Waals surface area contributed by atoms with E-state index in [9.17, 15) is 0 Å². The molecule has 4 rings (SSSR count). The van der Waals surface area contributed by atoms with Gasteiger partial charge in [-0.05, 0) is 50.4 Å². The van der Waals surface area contributed by atoms with E-state index in [4.69, 9.17) is 5.73 Å². The van der Waals surface area contributed by atoms with Crippen molar-refractivity contribution in [2.24, 2.45) is 0 Å². The van der Waals surface area contributed by atoms with Crippen molar-refractivity contribution in [2.75, 3.05) is 18.8 Å². The molecule has 2 aliphatic rings. The number of nitrogens with two attached hydrogens (primary N) is 1. The molecule has 3 heterocycles. The number of nitrogen functional groups attached to an aromatic ring is 1. The van der Waals surface area contributed by atoms with E-state index in [2.05, 4.69) is 39.6 Å². The predicted molar refractivity (Wildman–Crippen MR) is 77.1 cm³/mol. The minimum atomic E-state index is 0.509. The quantitative estimate of drug-likeness (QED) is 0.852. The first-order chi connectivity index (χ1) is 9.24. The Morgan fingerprint density at radius 3 is 3.00 bits per heavy atom. The van der Waals surface area contributed by atoms with Crippen LogP contribution in [0.5, 0.6) is 0 Å². The van der Waals surface area contributed by atoms with Crippen LogP contribution in [0.1, 0.15) is 30.9 Å². The first kappa shape index (κ1) is 11.3. The average Bonchev–Trinajstić information content (AvgIpc) is 3.03. The first-order valence-electron chi connectivity index (χ1n) is 7.22. The molecule has 2 atom stereocenters. The van der Waals surface area contributed by atoms with Crippen LogP contribution >= 0.6 is 0 Å². The third-order valence-corrected chi connectivity index (χ3v) is 4.77. The number of aryl methyl sites for hydroxylation is 1. The number of aromatic nitrogens is 2. The minimum absolute atomic E-state index is 0.509. The molecule has 0 amide bonds. The summed E-state index contributed by atoms with van der Waals surface area (Å²) in [5, 5.41) is 0. The van der Waals surface area contributed by atoms with E-state index in [1.165, 1.54) is 43.4 Å². The monoisotopic (exact) mass is 256 g/mol. The number of nitrogens with zero attached hydrogens (tertiary/aromatic N) is 3. The lowest BCUT2D eigenvalue weighted by atomic mass is 10.1. The zero-order chi connectivity index (χ0) is 13.0. The summed E-state index contributed by atoms with van der Waals surface area (Å²) in [6.07, 6.45) is 3.83. The van der Waals surface area contributed by atoms with Gasteiger partial charge in [-0.15, -0.1) is 0 Å². The highest BCUT2D eigenvalue weighted by atomic mass is 15.3. The molecule has 1 aromatic heterocycles. The van der Waals surface area contributed by atoms with Gasteiger partial charge in [0.05, 0.1) is 17.1 Å². The fraction of sp³-hybridized carbons (Fsp3) is 0.533. The molecule has 0 spiro atoms. The predicted octanol–water partition coefficient (Wildman–Crippen LogP) is 2.34. The maximum Gasteiger partial charge on any atom is 0.201 e. The molecule has 4 nitrogen and oxygen atoms in total. The van der Waals surface area contributed by atoms with E-state index in [0.717, 1.165) is 5.52 Å². The fourth-order valence-corrected chi connectivity index (χ4v) is 3.93. The Bertz CT molecular complexity index is 630. The van der Waals surface area contributed by atoms with Crippen LogP contribution in [0.3, 0.4) is 0 Å². The summed E-state index contributed by atoms with van der Waals surface area (Å²) in [6, 6.07) is 7.58. The number of anilines is 1. The van der Waals surface area contributed by atoms with Gasteiger partial charge in [0.1, 0.15) is 0 Å². The third-order valence-electron chi connectivity index (χ3n) is 4.77. The van der Waals surface area contributed by atoms with E-state index in [0.29, 0.717) is 18.0 Å². The number of imidazole rings is 1. The van der Waals surface area contributed by atoms with Crippen molar-refractivity contribution in [3.8, 4) is 0 Å². The molecule has 2 unspecified atom stereocenters. The largest absolute Gasteiger partial charge is 0.369 e. The van der Waals surface area contributed by atoms with Crippen LogP contribution < -0.4 is 5.73 Å². The van der Waals surface area contributed by atoms with Gasteiger partial charge < -0.3 is 10.3 Å². The van der Waals surface area contributed by atoms with Crippen LogP contribution in [0.2, 0.25) is 0 Å². The Morgan fingerprint density at radius 1 is 1.21 bits per heavy atom. The zero-order valence-corrected chi connectivity index (χ0v) is 11.3. The van der Waals surface area contributed by atoms with Gasteiger partial charge in [0, 0.05) is 12.6 Å². The van der Waals surface area contributed by atoms with Crippen molar-refractivity contribution in [2.45, 2.75) is 38.3 Å². The molecule has 0 bridgehead atoms. The lowest BCUT2D eigenvalue weighted by Gasteiger charge is -2.23. The zero-order valence-electron chi connectivity index (χ0n) is 11.3. The number of hydrogen-bond donors (Lipinski definition) is 1. The maximum absolute atomic E-state index is 6.20. The first-order valence-corrected chi connectivity index (χ1v) is 7.22. The van der Waals surface area contributed by atoms with Gasteiger partial charge in [-0.2, -0.15) is 0 Å². The van der Waals surface area contributed by atoms with Gasteiger partial charge in [-0.25, -0.2) is 4.98 Å². The molecule has 19 heavy (non-hydrogen) atoms. The highest BCUT2D eigenvalue weighted by molar-refractivity contribution is 5.79. The molecule has 2 aliphatic heterocycles. The topological polar surface area (TPSA) is 47.1 Å². The van der Waals surface area contributed by atoms with Gasteiger partial charge in [0.25, 0.3) is 0 Å². The number of benzene rings is 1. The van der Waals surface area contributed by atoms with Crippen molar-refractivity contribution in [1.29, 1.82) is 0 Å². The second kappa shape index (κ2) is 3.97. The molecule has 2 N–H and O–H groups in total. The molecule has 2 saturated heterocycles. The van der Waals surface area contributed by atoms with Crippen LogP contribution in [0, 0.1) is 6.92 Å². The summed E-state index contributed by atoms with van der Waals surface area (Å²) >= 11 is 0. The SMILES string of the molecule is Cc1ccc2nc(N)n(C3CCN4CCCC34)c2c1. The highest BCUT2D eigenvalue weighted by Crippen LogP contribution is 2.39. The van der Waals surface area contributed by atoms with E-state index in [1.54, 1.807) is 0 Å². The lowest BCUT2D eigenvalue weighted by Crippen LogP contribution is -2.28. The molecule has 0 radical (unpaired) electrons. The van der Waals surface area contributed by atoms with Gasteiger partial charge in [0.15, 0.2) is 0 Å². The number of fused-ring (bicyclic) bond motifs is 2. The van der Waals surface area contributed by atoms with Crippen molar-refractivity contribution in [3.05, 3.63) is 23.8 Å². The number of rotatable bonds is 1. The molecular weight excluding hydrogens is 236 g/mol. The van der Waals surface area contributed by atoms with E-state index in [1.807, 2.05) is 0 Å². The summed E-state index contributed by atoms with van der Waals surface area (Å²) in [5.74, 6) is 0.680. The summed E-state index contributed by atoms with van der Waals surface area (Å²) < 4.78 is 2.29. The van der Waals surface area contributed by atoms with E-state index in [-0.39, 0.29) is 0 Å². The van der Waals surface area contributed by atoms with Crippen molar-refractivity contribution >= 4 is 17.0 Å². The molecule has 1 aromatic carbocycles. The molecule has 0 aliphatic carbocycles. The Labute approximate surface area is 113 Å². The molecule has 100 valence electrons. The molecule has 2 aromatic rings. The summed E-state index contributed by atoms with van der Waals surface area (Å²) in [6.45, 7) is 4.59. The minimum Gasteiger partial charge on any atom is -0.369 e. The molecule has 4 heteroatoms. The van der Waals surface area contributed by atoms with Crippen molar-refractivity contribution < 1.29 is 0 Å². The summed E-state index contributed by atoms with van der Waals surface area (Å²) in [4.78, 5) is 7.15. The summed E-state index contributed by atoms with van der Waals surface area (Å²) in [7, 11) is 0. The average molecular weight is 256 g/mol. The van der Waals surface area contributed by atoms with Crippen molar-refractivity contribution in [1.82, 2.24) is 14.5 Å². The smallest absolute Gasteiger partial charge is 0.201 e. The Morgan fingerprint density at radius 2 is 2.11 bits per heavy atom. The lowest BCUT2D eigenvalue weighted by molar-refractivity contribution is 0.293. The molecule has 0 saturated carbocycles. The Kier molecular flexibility index (Phi) is 2.36. The highest BCUT2D eigenvalue weighted by Gasteiger charge is 2.39. The molecular formula is C15H20N4. The fourth-order valence-electron chi connectivity index (χ4n) is 3.93. The van der Waals surface area contributed by atoms with Crippen LogP contribution in [0.4, 0.5) is 5.95 Å². The normalized spacial score (nSPS) is 27.2. The maximum atomic E-state index is 6.20. The summed E-state index contributed by atoms with van der Waals surface area (Å²) in [5.41, 5.74) is 9.70. The second-order valence-electron chi connectivity index (χ2n) is 5.93. The van der Waals surface area contributed by atoms with Crippen LogP contribution in [-0.2, 0) is 0 Å². The second-order valence-corrected chi connectivity index (χ2v) is 5.93. The van der Waals surface area contributed by atoms with Crippen LogP contribution in [0.25, 0.3) is 11.0 Å². The molecule has 2 fully saturated rings. The number of hydrogen-bond acceptors (Lipinski definition) is 3. The Balaban J connectivity index is 1.86. The van der Waals surface area contributed by atoms with Gasteiger partial charge in [-0.3, -0.25) is 4.90 Å². The van der Waals surface area contributed by atoms with E-state index >= 15 is 0 Å². The Hall–Kier alpha value is -1.55. The third kappa shape index (κ3) is 1.59. The van der Waals surface area contributed by atoms with Gasteiger partial charge >= 0.3 is 0 Å². The van der Waals surface area contributed by atoms with Gasteiger partial charge in [0.2, 0.25) is 5.95 Å². The standard InChI is InChI=1S/C15H20N4/c1-10-4-5-11-14(9-10)19(15(16)17-11)13-6-8-18-7-2-3-12(13)18/h4-5,9,12-13H,2-3,6-8H2,1H3,(H2,16,17). The van der Waals surface area contributed by atoms with E-state index < -0.39 is 0 Å². The van der Waals surface area contributed by atoms with Gasteiger partial charge in [-0.1, -0.05) is 6.07 Å². The van der Waals surface area contributed by atoms with Crippen molar-refractivity contribution in [3.63, 3.8) is 0 Å². The van der Waals surface area contributed by atoms with Crippen LogP contribution in [0.15, 0.2) is 18.2 Å². The van der Waals surface area contributed by atoms with Crippen LogP contribution in [-0.4, -0.2) is 33.6 Å².